The molecule has 2 amide bonds. The van der Waals surface area contributed by atoms with Crippen LogP contribution in [0.25, 0.3) is 11.4 Å². The standard InChI is InChI=1S/C17H16N4O3S/c1-23-13-6-3-2-5-12(13)15-19-16(24-20-15)11-9-21(10-11)17(22)18-14-7-4-8-25-14/h2-8,11H,9-10H2,1H3,(H,18,22). The second kappa shape index (κ2) is 6.56. The van der Waals surface area contributed by atoms with Crippen molar-refractivity contribution >= 4 is 22.4 Å². The van der Waals surface area contributed by atoms with Gasteiger partial charge >= 0.3 is 6.03 Å². The van der Waals surface area contributed by atoms with Crippen LogP contribution in [0.4, 0.5) is 9.80 Å². The highest BCUT2D eigenvalue weighted by atomic mass is 32.1. The Labute approximate surface area is 148 Å². The van der Waals surface area contributed by atoms with Crippen LogP contribution in [0.1, 0.15) is 11.8 Å². The Bertz CT molecular complexity index is 872. The number of para-hydroxylation sites is 1. The number of rotatable bonds is 4. The van der Waals surface area contributed by atoms with E-state index in [9.17, 15) is 4.79 Å². The highest BCUT2D eigenvalue weighted by molar-refractivity contribution is 7.14. The number of aromatic nitrogens is 2. The number of carbonyl (C=O) groups is 1. The number of methoxy groups -OCH3 is 1. The molecular weight excluding hydrogens is 340 g/mol. The second-order valence-corrected chi connectivity index (χ2v) is 6.61. The molecule has 3 heterocycles. The third-order valence-corrected chi connectivity index (χ3v) is 4.84. The van der Waals surface area contributed by atoms with Gasteiger partial charge < -0.3 is 14.2 Å². The molecule has 8 heteroatoms. The summed E-state index contributed by atoms with van der Waals surface area (Å²) in [5.41, 5.74) is 0.784. The fraction of sp³-hybridized carbons (Fsp3) is 0.235. The van der Waals surface area contributed by atoms with Crippen molar-refractivity contribution in [3.63, 3.8) is 0 Å². The number of urea groups is 1. The number of nitrogens with one attached hydrogen (secondary N) is 1. The summed E-state index contributed by atoms with van der Waals surface area (Å²) >= 11 is 1.49. The molecule has 1 aromatic carbocycles. The van der Waals surface area contributed by atoms with Crippen LogP contribution in [0.2, 0.25) is 0 Å². The number of nitrogens with zero attached hydrogens (tertiary/aromatic N) is 3. The zero-order valence-corrected chi connectivity index (χ0v) is 14.3. The number of hydrogen-bond donors (Lipinski definition) is 1. The van der Waals surface area contributed by atoms with Crippen molar-refractivity contribution in [2.75, 3.05) is 25.5 Å². The van der Waals surface area contributed by atoms with E-state index in [-0.39, 0.29) is 11.9 Å². The Kier molecular flexibility index (Phi) is 4.10. The third kappa shape index (κ3) is 3.08. The minimum absolute atomic E-state index is 0.0602. The smallest absolute Gasteiger partial charge is 0.322 e. The molecular formula is C17H16N4O3S. The monoisotopic (exact) mass is 356 g/mol. The quantitative estimate of drug-likeness (QED) is 0.774. The largest absolute Gasteiger partial charge is 0.496 e. The maximum Gasteiger partial charge on any atom is 0.322 e. The van der Waals surface area contributed by atoms with Gasteiger partial charge in [0, 0.05) is 13.1 Å². The first-order valence-corrected chi connectivity index (χ1v) is 8.69. The molecule has 1 N–H and O–H groups in total. The van der Waals surface area contributed by atoms with Crippen LogP contribution in [-0.4, -0.2) is 41.3 Å². The van der Waals surface area contributed by atoms with Gasteiger partial charge in [-0.3, -0.25) is 5.32 Å². The van der Waals surface area contributed by atoms with E-state index in [1.54, 1.807) is 12.0 Å². The molecule has 1 fully saturated rings. The van der Waals surface area contributed by atoms with Gasteiger partial charge in [-0.05, 0) is 29.6 Å². The summed E-state index contributed by atoms with van der Waals surface area (Å²) < 4.78 is 10.7. The zero-order valence-electron chi connectivity index (χ0n) is 13.5. The molecule has 1 aliphatic heterocycles. The van der Waals surface area contributed by atoms with Crippen LogP contribution < -0.4 is 10.1 Å². The van der Waals surface area contributed by atoms with E-state index in [2.05, 4.69) is 15.5 Å². The minimum Gasteiger partial charge on any atom is -0.496 e. The number of thiophene rings is 1. The zero-order chi connectivity index (χ0) is 17.2. The first kappa shape index (κ1) is 15.6. The van der Waals surface area contributed by atoms with Crippen molar-refractivity contribution in [3.8, 4) is 17.1 Å². The lowest BCUT2D eigenvalue weighted by molar-refractivity contribution is 0.148. The van der Waals surface area contributed by atoms with Gasteiger partial charge in [0.2, 0.25) is 11.7 Å². The van der Waals surface area contributed by atoms with Gasteiger partial charge in [0.15, 0.2) is 0 Å². The maximum atomic E-state index is 12.1. The number of amides is 2. The summed E-state index contributed by atoms with van der Waals surface area (Å²) in [6.07, 6.45) is 0. The maximum absolute atomic E-state index is 12.1. The molecule has 3 aromatic rings. The third-order valence-electron chi connectivity index (χ3n) is 4.06. The molecule has 0 atom stereocenters. The van der Waals surface area contributed by atoms with E-state index in [1.807, 2.05) is 41.8 Å². The molecule has 0 bridgehead atoms. The number of benzene rings is 1. The van der Waals surface area contributed by atoms with E-state index in [4.69, 9.17) is 9.26 Å². The molecule has 25 heavy (non-hydrogen) atoms. The van der Waals surface area contributed by atoms with Crippen LogP contribution in [0.3, 0.4) is 0 Å². The summed E-state index contributed by atoms with van der Waals surface area (Å²) in [6.45, 7) is 1.12. The number of hydrogen-bond acceptors (Lipinski definition) is 6. The van der Waals surface area contributed by atoms with Gasteiger partial charge in [0.1, 0.15) is 5.75 Å². The summed E-state index contributed by atoms with van der Waals surface area (Å²) in [7, 11) is 1.61. The predicted octanol–water partition coefficient (Wildman–Crippen LogP) is 3.44. The highest BCUT2D eigenvalue weighted by Gasteiger charge is 2.36. The van der Waals surface area contributed by atoms with E-state index in [0.29, 0.717) is 30.6 Å². The Morgan fingerprint density at radius 1 is 1.32 bits per heavy atom. The summed E-state index contributed by atoms with van der Waals surface area (Å²) in [6, 6.07) is 11.2. The normalized spacial score (nSPS) is 14.2. The van der Waals surface area contributed by atoms with Crippen molar-refractivity contribution in [1.29, 1.82) is 0 Å². The van der Waals surface area contributed by atoms with Crippen molar-refractivity contribution in [1.82, 2.24) is 15.0 Å². The van der Waals surface area contributed by atoms with Crippen LogP contribution >= 0.6 is 11.3 Å². The van der Waals surface area contributed by atoms with E-state index < -0.39 is 0 Å². The fourth-order valence-corrected chi connectivity index (χ4v) is 3.28. The Morgan fingerprint density at radius 3 is 2.92 bits per heavy atom. The van der Waals surface area contributed by atoms with Gasteiger partial charge in [-0.25, -0.2) is 4.79 Å². The van der Waals surface area contributed by atoms with Gasteiger partial charge in [0.05, 0.1) is 23.6 Å². The van der Waals surface area contributed by atoms with Crippen molar-refractivity contribution in [2.45, 2.75) is 5.92 Å². The Hall–Kier alpha value is -2.87. The molecule has 4 rings (SSSR count). The molecule has 2 aromatic heterocycles. The minimum atomic E-state index is -0.108. The molecule has 0 radical (unpaired) electrons. The van der Waals surface area contributed by atoms with Gasteiger partial charge in [0.25, 0.3) is 0 Å². The number of ether oxygens (including phenoxy) is 1. The van der Waals surface area contributed by atoms with Gasteiger partial charge in [-0.2, -0.15) is 4.98 Å². The van der Waals surface area contributed by atoms with Crippen molar-refractivity contribution < 1.29 is 14.1 Å². The number of carbonyl (C=O) groups excluding carboxylic acids is 1. The van der Waals surface area contributed by atoms with Crippen LogP contribution in [0.15, 0.2) is 46.3 Å². The summed E-state index contributed by atoms with van der Waals surface area (Å²) in [5, 5.41) is 9.67. The predicted molar refractivity (Wildman–Crippen MR) is 93.9 cm³/mol. The van der Waals surface area contributed by atoms with Crippen LogP contribution in [0.5, 0.6) is 5.75 Å². The van der Waals surface area contributed by atoms with Crippen LogP contribution in [-0.2, 0) is 0 Å². The Balaban J connectivity index is 1.40. The average molecular weight is 356 g/mol. The van der Waals surface area contributed by atoms with Gasteiger partial charge in [-0.1, -0.05) is 17.3 Å². The molecule has 0 aliphatic carbocycles. The average Bonchev–Trinajstić information content (AvgIpc) is 3.25. The summed E-state index contributed by atoms with van der Waals surface area (Å²) in [5.74, 6) is 1.79. The molecule has 1 aliphatic rings. The highest BCUT2D eigenvalue weighted by Crippen LogP contribution is 2.31. The lowest BCUT2D eigenvalue weighted by Gasteiger charge is -2.36. The second-order valence-electron chi connectivity index (χ2n) is 5.67. The first-order chi connectivity index (χ1) is 12.2. The molecule has 0 unspecified atom stereocenters. The SMILES string of the molecule is COc1ccccc1-c1noc(C2CN(C(=O)Nc3cccs3)C2)n1. The van der Waals surface area contributed by atoms with Crippen molar-refractivity contribution in [2.24, 2.45) is 0 Å². The van der Waals surface area contributed by atoms with E-state index >= 15 is 0 Å². The molecule has 0 saturated carbocycles. The molecule has 0 spiro atoms. The lowest BCUT2D eigenvalue weighted by atomic mass is 10.0. The van der Waals surface area contributed by atoms with Crippen LogP contribution in [0, 0.1) is 0 Å². The molecule has 1 saturated heterocycles. The molecule has 7 nitrogen and oxygen atoms in total. The first-order valence-electron chi connectivity index (χ1n) is 7.81. The Morgan fingerprint density at radius 2 is 2.16 bits per heavy atom. The van der Waals surface area contributed by atoms with E-state index in [1.165, 1.54) is 11.3 Å². The fourth-order valence-electron chi connectivity index (χ4n) is 2.67. The van der Waals surface area contributed by atoms with Gasteiger partial charge in [-0.15, -0.1) is 11.3 Å². The van der Waals surface area contributed by atoms with Crippen molar-refractivity contribution in [3.05, 3.63) is 47.7 Å². The topological polar surface area (TPSA) is 80.5 Å². The summed E-state index contributed by atoms with van der Waals surface area (Å²) in [4.78, 5) is 18.3. The molecule has 128 valence electrons. The number of anilines is 1. The lowest BCUT2D eigenvalue weighted by Crippen LogP contribution is -2.50. The number of likely N-dealkylation sites (tertiary alicyclic amines) is 1. The van der Waals surface area contributed by atoms with E-state index in [0.717, 1.165) is 10.6 Å².